The molecule has 0 aliphatic carbocycles. The number of nitrogens with one attached hydrogen (secondary N) is 1. The van der Waals surface area contributed by atoms with Gasteiger partial charge in [0.25, 0.3) is 0 Å². The summed E-state index contributed by atoms with van der Waals surface area (Å²) in [6.07, 6.45) is -0.0965. The van der Waals surface area contributed by atoms with E-state index < -0.39 is 5.97 Å². The van der Waals surface area contributed by atoms with Gasteiger partial charge in [-0.1, -0.05) is 0 Å². The number of aromatic carboxylic acids is 1. The highest BCUT2D eigenvalue weighted by Gasteiger charge is 2.10. The van der Waals surface area contributed by atoms with Gasteiger partial charge in [-0.3, -0.25) is 0 Å². The van der Waals surface area contributed by atoms with Crippen molar-refractivity contribution in [2.75, 3.05) is 38.4 Å². The zero-order valence-corrected chi connectivity index (χ0v) is 10.5. The van der Waals surface area contributed by atoms with Crippen LogP contribution in [-0.4, -0.2) is 44.6 Å². The van der Waals surface area contributed by atoms with Crippen molar-refractivity contribution in [1.29, 1.82) is 0 Å². The highest BCUT2D eigenvalue weighted by molar-refractivity contribution is 5.94. The van der Waals surface area contributed by atoms with E-state index in [1.807, 2.05) is 0 Å². The lowest BCUT2D eigenvalue weighted by molar-refractivity contribution is 0.0365. The first kappa shape index (κ1) is 14.3. The van der Waals surface area contributed by atoms with Gasteiger partial charge in [-0.25, -0.2) is 4.79 Å². The Bertz CT molecular complexity index is 409. The van der Waals surface area contributed by atoms with Gasteiger partial charge in [0.2, 0.25) is 0 Å². The monoisotopic (exact) mass is 254 g/mol. The minimum Gasteiger partial charge on any atom is -0.478 e. The van der Waals surface area contributed by atoms with E-state index in [-0.39, 0.29) is 17.4 Å². The molecule has 0 radical (unpaired) electrons. The Balaban J connectivity index is 2.67. The van der Waals surface area contributed by atoms with Crippen LogP contribution in [0.25, 0.3) is 0 Å². The Kier molecular flexibility index (Phi) is 5.41. The Morgan fingerprint density at radius 3 is 2.78 bits per heavy atom. The Hall–Kier alpha value is -1.79. The second-order valence-electron chi connectivity index (χ2n) is 3.80. The van der Waals surface area contributed by atoms with E-state index in [9.17, 15) is 4.79 Å². The molecule has 18 heavy (non-hydrogen) atoms. The third-order valence-corrected chi connectivity index (χ3v) is 2.50. The van der Waals surface area contributed by atoms with Gasteiger partial charge in [0.05, 0.1) is 18.3 Å². The van der Waals surface area contributed by atoms with Gasteiger partial charge in [-0.2, -0.15) is 0 Å². The number of ether oxygens (including phenoxy) is 2. The summed E-state index contributed by atoms with van der Waals surface area (Å²) in [7, 11) is 3.19. The van der Waals surface area contributed by atoms with Gasteiger partial charge in [0.1, 0.15) is 0 Å². The lowest BCUT2D eigenvalue weighted by Gasteiger charge is -2.16. The molecule has 100 valence electrons. The molecule has 0 saturated carbocycles. The number of carbonyl (C=O) groups is 1. The van der Waals surface area contributed by atoms with Crippen LogP contribution in [0.15, 0.2) is 18.2 Å². The molecule has 0 amide bonds. The van der Waals surface area contributed by atoms with E-state index in [0.717, 1.165) is 0 Å². The number of carboxylic acid groups (broad SMARTS) is 1. The Morgan fingerprint density at radius 2 is 2.22 bits per heavy atom. The Morgan fingerprint density at radius 1 is 1.50 bits per heavy atom. The molecule has 1 unspecified atom stereocenters. The molecule has 0 saturated heterocycles. The summed E-state index contributed by atoms with van der Waals surface area (Å²) in [5.41, 5.74) is 6.57. The molecule has 1 aromatic rings. The topological polar surface area (TPSA) is 93.8 Å². The SMILES string of the molecule is COCC(CNc1ccc(N)c(C(=O)O)c1)OC. The molecule has 6 heteroatoms. The van der Waals surface area contributed by atoms with E-state index >= 15 is 0 Å². The standard InChI is InChI=1S/C12H18N2O4/c1-17-7-9(18-2)6-14-8-3-4-11(13)10(5-8)12(15)16/h3-5,9,14H,6-7,13H2,1-2H3,(H,15,16). The van der Waals surface area contributed by atoms with Crippen molar-refractivity contribution in [3.8, 4) is 0 Å². The summed E-state index contributed by atoms with van der Waals surface area (Å²) >= 11 is 0. The molecule has 0 heterocycles. The highest BCUT2D eigenvalue weighted by Crippen LogP contribution is 2.17. The number of hydrogen-bond donors (Lipinski definition) is 3. The molecular weight excluding hydrogens is 236 g/mol. The lowest BCUT2D eigenvalue weighted by Crippen LogP contribution is -2.26. The van der Waals surface area contributed by atoms with Crippen LogP contribution in [0.3, 0.4) is 0 Å². The maximum atomic E-state index is 10.9. The number of carboxylic acids is 1. The molecule has 0 fully saturated rings. The number of hydrogen-bond acceptors (Lipinski definition) is 5. The van der Waals surface area contributed by atoms with Crippen molar-refractivity contribution in [3.05, 3.63) is 23.8 Å². The summed E-state index contributed by atoms with van der Waals surface area (Å²) in [6.45, 7) is 0.984. The van der Waals surface area contributed by atoms with Crippen LogP contribution in [0.4, 0.5) is 11.4 Å². The van der Waals surface area contributed by atoms with Crippen molar-refractivity contribution in [2.45, 2.75) is 6.10 Å². The van der Waals surface area contributed by atoms with Crippen LogP contribution in [0.5, 0.6) is 0 Å². The molecule has 1 aromatic carbocycles. The molecule has 4 N–H and O–H groups in total. The number of benzene rings is 1. The first-order valence-electron chi connectivity index (χ1n) is 5.47. The van der Waals surface area contributed by atoms with Crippen LogP contribution >= 0.6 is 0 Å². The molecule has 0 aliphatic rings. The molecule has 1 atom stereocenters. The zero-order valence-electron chi connectivity index (χ0n) is 10.5. The number of nitrogens with two attached hydrogens (primary N) is 1. The average Bonchev–Trinajstić information content (AvgIpc) is 2.35. The third kappa shape index (κ3) is 3.90. The first-order valence-corrected chi connectivity index (χ1v) is 5.47. The largest absolute Gasteiger partial charge is 0.478 e. The van der Waals surface area contributed by atoms with Gasteiger partial charge in [-0.15, -0.1) is 0 Å². The van der Waals surface area contributed by atoms with Crippen molar-refractivity contribution >= 4 is 17.3 Å². The van der Waals surface area contributed by atoms with Gasteiger partial charge in [0.15, 0.2) is 0 Å². The summed E-state index contributed by atoms with van der Waals surface area (Å²) < 4.78 is 10.2. The molecule has 0 aromatic heterocycles. The highest BCUT2D eigenvalue weighted by atomic mass is 16.5. The molecule has 0 spiro atoms. The van der Waals surface area contributed by atoms with Gasteiger partial charge >= 0.3 is 5.97 Å². The fourth-order valence-corrected chi connectivity index (χ4v) is 1.48. The van der Waals surface area contributed by atoms with Crippen LogP contribution < -0.4 is 11.1 Å². The second-order valence-corrected chi connectivity index (χ2v) is 3.80. The van der Waals surface area contributed by atoms with Crippen molar-refractivity contribution in [2.24, 2.45) is 0 Å². The number of anilines is 2. The molecule has 0 bridgehead atoms. The lowest BCUT2D eigenvalue weighted by atomic mass is 10.1. The van der Waals surface area contributed by atoms with E-state index in [1.54, 1.807) is 26.4 Å². The van der Waals surface area contributed by atoms with Gasteiger partial charge < -0.3 is 25.6 Å². The number of nitrogen functional groups attached to an aromatic ring is 1. The first-order chi connectivity index (χ1) is 8.58. The number of rotatable bonds is 7. The van der Waals surface area contributed by atoms with Crippen molar-refractivity contribution < 1.29 is 19.4 Å². The van der Waals surface area contributed by atoms with Crippen molar-refractivity contribution in [3.63, 3.8) is 0 Å². The summed E-state index contributed by atoms with van der Waals surface area (Å²) in [5.74, 6) is -1.05. The number of methoxy groups -OCH3 is 2. The second kappa shape index (κ2) is 6.83. The third-order valence-electron chi connectivity index (χ3n) is 2.50. The van der Waals surface area contributed by atoms with Crippen molar-refractivity contribution in [1.82, 2.24) is 0 Å². The summed E-state index contributed by atoms with van der Waals surface area (Å²) in [6, 6.07) is 4.78. The average molecular weight is 254 g/mol. The van der Waals surface area contributed by atoms with E-state index in [2.05, 4.69) is 5.32 Å². The fraction of sp³-hybridized carbons (Fsp3) is 0.417. The molecule has 1 rings (SSSR count). The van der Waals surface area contributed by atoms with Crippen LogP contribution in [0.2, 0.25) is 0 Å². The fourth-order valence-electron chi connectivity index (χ4n) is 1.48. The zero-order chi connectivity index (χ0) is 13.5. The quantitative estimate of drug-likeness (QED) is 0.629. The molecule has 6 nitrogen and oxygen atoms in total. The predicted molar refractivity (Wildman–Crippen MR) is 69.0 cm³/mol. The maximum Gasteiger partial charge on any atom is 0.337 e. The Labute approximate surface area is 106 Å². The smallest absolute Gasteiger partial charge is 0.337 e. The minimum absolute atomic E-state index is 0.0840. The van der Waals surface area contributed by atoms with E-state index in [4.69, 9.17) is 20.3 Å². The molecule has 0 aliphatic heterocycles. The van der Waals surface area contributed by atoms with E-state index in [1.165, 1.54) is 6.07 Å². The van der Waals surface area contributed by atoms with Crippen LogP contribution in [0.1, 0.15) is 10.4 Å². The van der Waals surface area contributed by atoms with Crippen LogP contribution in [0, 0.1) is 0 Å². The summed E-state index contributed by atoms with van der Waals surface area (Å²) in [4.78, 5) is 10.9. The normalized spacial score (nSPS) is 12.1. The maximum absolute atomic E-state index is 10.9. The summed E-state index contributed by atoms with van der Waals surface area (Å²) in [5, 5.41) is 12.0. The minimum atomic E-state index is -1.05. The molecular formula is C12H18N2O4. The van der Waals surface area contributed by atoms with Gasteiger partial charge in [-0.05, 0) is 18.2 Å². The van der Waals surface area contributed by atoms with Gasteiger partial charge in [0, 0.05) is 32.1 Å². The predicted octanol–water partition coefficient (Wildman–Crippen LogP) is 1.04. The van der Waals surface area contributed by atoms with Crippen LogP contribution in [-0.2, 0) is 9.47 Å². The van der Waals surface area contributed by atoms with E-state index in [0.29, 0.717) is 18.8 Å².